The summed E-state index contributed by atoms with van der Waals surface area (Å²) in [6, 6.07) is -1.38. The Bertz CT molecular complexity index is 375. The summed E-state index contributed by atoms with van der Waals surface area (Å²) in [6.45, 7) is -0.0996. The number of hydrogen-bond acceptors (Lipinski definition) is 10. The minimum Gasteiger partial charge on any atom is -0.389 e. The van der Waals surface area contributed by atoms with Crippen molar-refractivity contribution in [1.29, 1.82) is 0 Å². The van der Waals surface area contributed by atoms with Gasteiger partial charge < -0.3 is 52.2 Å². The smallest absolute Gasteiger partial charge is 0.187 e. The summed E-state index contributed by atoms with van der Waals surface area (Å²) in [4.78, 5) is 0. The Labute approximate surface area is 127 Å². The molecular formula is C12H25N3O7. The first-order valence-corrected chi connectivity index (χ1v) is 7.20. The van der Waals surface area contributed by atoms with Crippen LogP contribution in [0.25, 0.3) is 0 Å². The lowest BCUT2D eigenvalue weighted by molar-refractivity contribution is -0.318. The van der Waals surface area contributed by atoms with Crippen molar-refractivity contribution in [1.82, 2.24) is 0 Å². The van der Waals surface area contributed by atoms with Crippen LogP contribution in [-0.2, 0) is 9.47 Å². The fourth-order valence-corrected chi connectivity index (χ4v) is 2.85. The quantitative estimate of drug-likeness (QED) is 0.248. The Morgan fingerprint density at radius 2 is 1.50 bits per heavy atom. The van der Waals surface area contributed by atoms with Gasteiger partial charge in [0.2, 0.25) is 0 Å². The highest BCUT2D eigenvalue weighted by Gasteiger charge is 2.48. The second kappa shape index (κ2) is 7.01. The first-order valence-electron chi connectivity index (χ1n) is 7.20. The molecule has 2 aliphatic rings. The van der Waals surface area contributed by atoms with Crippen molar-refractivity contribution in [3.63, 3.8) is 0 Å². The van der Waals surface area contributed by atoms with Crippen LogP contribution in [0.2, 0.25) is 0 Å². The lowest BCUT2D eigenvalue weighted by Gasteiger charge is -2.45. The lowest BCUT2D eigenvalue weighted by atomic mass is 9.84. The minimum absolute atomic E-state index is 0.0996. The van der Waals surface area contributed by atoms with E-state index in [1.54, 1.807) is 0 Å². The molecule has 1 heterocycles. The molecule has 10 nitrogen and oxygen atoms in total. The third-order valence-electron chi connectivity index (χ3n) is 4.28. The summed E-state index contributed by atoms with van der Waals surface area (Å²) in [6.07, 6.45) is -10.1. The van der Waals surface area contributed by atoms with E-state index in [9.17, 15) is 25.5 Å². The summed E-state index contributed by atoms with van der Waals surface area (Å²) in [5.41, 5.74) is 16.9. The summed E-state index contributed by atoms with van der Waals surface area (Å²) in [7, 11) is 0. The van der Waals surface area contributed by atoms with Crippen LogP contribution in [0.5, 0.6) is 0 Å². The SMILES string of the molecule is NC[C@@H]1O[C@@H](O[C@@H]2[C@@H](O)[C@H](O)[C@@H](N)C[C@H]2N)[C@@H](O)[C@H](O)[C@H]1O. The number of nitrogens with two attached hydrogens (primary N) is 3. The van der Waals surface area contributed by atoms with E-state index in [4.69, 9.17) is 26.7 Å². The molecule has 1 aliphatic heterocycles. The highest BCUT2D eigenvalue weighted by Crippen LogP contribution is 2.27. The third-order valence-corrected chi connectivity index (χ3v) is 4.28. The third kappa shape index (κ3) is 3.26. The molecule has 2 fully saturated rings. The zero-order chi connectivity index (χ0) is 16.6. The monoisotopic (exact) mass is 323 g/mol. The standard InChI is InChI=1S/C12H25N3O7/c13-2-5-7(17)8(18)10(20)12(21-5)22-11-4(15)1-3(14)6(16)9(11)19/h3-12,16-20H,1-2,13-15H2/t3-,4+,5-,6+,7-,8+,9-,10-,11-,12-/m0/s1. The molecule has 0 spiro atoms. The van der Waals surface area contributed by atoms with Crippen LogP contribution in [0.1, 0.15) is 6.42 Å². The molecule has 2 rings (SSSR count). The highest BCUT2D eigenvalue weighted by molar-refractivity contribution is 4.99. The van der Waals surface area contributed by atoms with Gasteiger partial charge in [0, 0.05) is 18.6 Å². The second-order valence-electron chi connectivity index (χ2n) is 5.90. The molecule has 0 amide bonds. The maximum absolute atomic E-state index is 10.0. The molecule has 130 valence electrons. The van der Waals surface area contributed by atoms with Gasteiger partial charge in [0.05, 0.1) is 6.10 Å². The van der Waals surface area contributed by atoms with Crippen LogP contribution in [0.15, 0.2) is 0 Å². The van der Waals surface area contributed by atoms with Gasteiger partial charge in [-0.2, -0.15) is 0 Å². The van der Waals surface area contributed by atoms with Crippen LogP contribution in [0.3, 0.4) is 0 Å². The van der Waals surface area contributed by atoms with Gasteiger partial charge in [-0.3, -0.25) is 0 Å². The summed E-state index contributed by atoms with van der Waals surface area (Å²) in [5.74, 6) is 0. The van der Waals surface area contributed by atoms with Crippen LogP contribution in [-0.4, -0.2) is 93.2 Å². The predicted octanol–water partition coefficient (Wildman–Crippen LogP) is -5.08. The van der Waals surface area contributed by atoms with E-state index in [1.165, 1.54) is 0 Å². The zero-order valence-electron chi connectivity index (χ0n) is 12.0. The topological polar surface area (TPSA) is 198 Å². The Balaban J connectivity index is 2.08. The molecule has 0 aromatic rings. The van der Waals surface area contributed by atoms with E-state index >= 15 is 0 Å². The van der Waals surface area contributed by atoms with Crippen molar-refractivity contribution in [2.75, 3.05) is 6.54 Å². The normalized spacial score (nSPS) is 53.5. The Morgan fingerprint density at radius 3 is 2.09 bits per heavy atom. The second-order valence-corrected chi connectivity index (χ2v) is 5.90. The van der Waals surface area contributed by atoms with E-state index in [0.717, 1.165) is 0 Å². The fourth-order valence-electron chi connectivity index (χ4n) is 2.85. The van der Waals surface area contributed by atoms with Gasteiger partial charge in [-0.25, -0.2) is 0 Å². The van der Waals surface area contributed by atoms with Crippen LogP contribution in [0.4, 0.5) is 0 Å². The maximum Gasteiger partial charge on any atom is 0.187 e. The van der Waals surface area contributed by atoms with Gasteiger partial charge in [0.15, 0.2) is 6.29 Å². The number of rotatable bonds is 3. The average molecular weight is 323 g/mol. The molecule has 11 N–H and O–H groups in total. The maximum atomic E-state index is 10.0. The van der Waals surface area contributed by atoms with Crippen molar-refractivity contribution in [3.8, 4) is 0 Å². The van der Waals surface area contributed by atoms with E-state index in [0.29, 0.717) is 0 Å². The molecule has 10 heteroatoms. The van der Waals surface area contributed by atoms with Gasteiger partial charge in [0.25, 0.3) is 0 Å². The summed E-state index contributed by atoms with van der Waals surface area (Å²) in [5, 5.41) is 49.3. The van der Waals surface area contributed by atoms with Gasteiger partial charge in [0.1, 0.15) is 36.6 Å². The number of aliphatic hydroxyl groups excluding tert-OH is 5. The van der Waals surface area contributed by atoms with Gasteiger partial charge >= 0.3 is 0 Å². The zero-order valence-corrected chi connectivity index (χ0v) is 12.0. The first kappa shape index (κ1) is 17.9. The van der Waals surface area contributed by atoms with E-state index in [-0.39, 0.29) is 13.0 Å². The van der Waals surface area contributed by atoms with Gasteiger partial charge in [-0.1, -0.05) is 0 Å². The molecule has 0 unspecified atom stereocenters. The van der Waals surface area contributed by atoms with Gasteiger partial charge in [-0.15, -0.1) is 0 Å². The fraction of sp³-hybridized carbons (Fsp3) is 1.00. The Hall–Kier alpha value is -0.400. The Morgan fingerprint density at radius 1 is 0.864 bits per heavy atom. The van der Waals surface area contributed by atoms with Crippen molar-refractivity contribution < 1.29 is 35.0 Å². The molecule has 1 saturated carbocycles. The van der Waals surface area contributed by atoms with Crippen molar-refractivity contribution in [2.45, 2.75) is 67.5 Å². The summed E-state index contributed by atoms with van der Waals surface area (Å²) >= 11 is 0. The molecule has 10 atom stereocenters. The lowest BCUT2D eigenvalue weighted by Crippen LogP contribution is -2.65. The molecule has 0 bridgehead atoms. The molecular weight excluding hydrogens is 298 g/mol. The average Bonchev–Trinajstić information content (AvgIpc) is 2.49. The number of hydrogen-bond donors (Lipinski definition) is 8. The first-order chi connectivity index (χ1) is 10.3. The van der Waals surface area contributed by atoms with E-state index in [1.807, 2.05) is 0 Å². The number of ether oxygens (including phenoxy) is 2. The van der Waals surface area contributed by atoms with Crippen LogP contribution in [0, 0.1) is 0 Å². The molecule has 22 heavy (non-hydrogen) atoms. The van der Waals surface area contributed by atoms with E-state index in [2.05, 4.69) is 0 Å². The summed E-state index contributed by atoms with van der Waals surface area (Å²) < 4.78 is 10.8. The largest absolute Gasteiger partial charge is 0.389 e. The van der Waals surface area contributed by atoms with Crippen molar-refractivity contribution >= 4 is 0 Å². The van der Waals surface area contributed by atoms with Crippen LogP contribution >= 0.6 is 0 Å². The number of aliphatic hydroxyl groups is 5. The van der Waals surface area contributed by atoms with Crippen LogP contribution < -0.4 is 17.2 Å². The molecule has 0 radical (unpaired) electrons. The van der Waals surface area contributed by atoms with Gasteiger partial charge in [-0.05, 0) is 6.42 Å². The van der Waals surface area contributed by atoms with Crippen molar-refractivity contribution in [3.05, 3.63) is 0 Å². The Kier molecular flexibility index (Phi) is 5.72. The molecule has 0 aromatic heterocycles. The highest BCUT2D eigenvalue weighted by atomic mass is 16.7. The predicted molar refractivity (Wildman–Crippen MR) is 73.2 cm³/mol. The minimum atomic E-state index is -1.55. The van der Waals surface area contributed by atoms with Crippen molar-refractivity contribution in [2.24, 2.45) is 17.2 Å². The molecule has 0 aromatic carbocycles. The van der Waals surface area contributed by atoms with E-state index < -0.39 is 61.1 Å². The molecule has 1 saturated heterocycles. The molecule has 1 aliphatic carbocycles.